The molecule has 0 aromatic rings. The molecule has 5 unspecified atom stereocenters. The zero-order valence-electron chi connectivity index (χ0n) is 14.4. The first-order valence-corrected chi connectivity index (χ1v) is 9.08. The molecule has 6 aliphatic rings. The van der Waals surface area contributed by atoms with E-state index < -0.39 is 23.6 Å². The van der Waals surface area contributed by atoms with Crippen LogP contribution in [0.3, 0.4) is 0 Å². The minimum atomic E-state index is -1.12. The van der Waals surface area contributed by atoms with Crippen LogP contribution in [0.15, 0.2) is 0 Å². The van der Waals surface area contributed by atoms with Crippen LogP contribution in [0.2, 0.25) is 0 Å². The van der Waals surface area contributed by atoms with Crippen LogP contribution in [-0.4, -0.2) is 36.1 Å². The van der Waals surface area contributed by atoms with Crippen LogP contribution >= 0.6 is 0 Å². The number of rotatable bonds is 0. The Hall–Kier alpha value is -0.730. The Balaban J connectivity index is 1.62. The van der Waals surface area contributed by atoms with Gasteiger partial charge in [0.15, 0.2) is 11.9 Å². The largest absolute Gasteiger partial charge is 0.417 e. The molecule has 2 spiro atoms. The first-order chi connectivity index (χ1) is 11.4. The summed E-state index contributed by atoms with van der Waals surface area (Å²) in [5, 5.41) is 3.14. The molecule has 0 radical (unpaired) electrons. The standard InChI is InChI=1S/C17H25NO6/c1-9-4-5-12-10(2)17(18-8-13(19)20-17)22-14-16(12)11(9)6-7-15(3,21-14)23-24-16/h9-12,14,18H,4-8H2,1-3H3/t9-,10?,11?,12?,14+,15-,16?,17?/m1/s1. The van der Waals surface area contributed by atoms with Gasteiger partial charge in [-0.3, -0.25) is 9.53 Å². The highest BCUT2D eigenvalue weighted by atomic mass is 17.3. The SMILES string of the molecule is CC1C2CC[C@@H](C)C3CC[C@@]4(C)OOC23[C@H](OC12NCC(=O)O2)O4. The Labute approximate surface area is 141 Å². The van der Waals surface area contributed by atoms with E-state index in [9.17, 15) is 4.79 Å². The summed E-state index contributed by atoms with van der Waals surface area (Å²) >= 11 is 0. The summed E-state index contributed by atoms with van der Waals surface area (Å²) in [4.78, 5) is 23.6. The maximum atomic E-state index is 11.8. The molecule has 1 N–H and O–H groups in total. The minimum Gasteiger partial charge on any atom is -0.417 e. The van der Waals surface area contributed by atoms with Crippen LogP contribution in [0.5, 0.6) is 0 Å². The lowest BCUT2D eigenvalue weighted by atomic mass is 9.57. The first kappa shape index (κ1) is 15.5. The Kier molecular flexibility index (Phi) is 3.04. The van der Waals surface area contributed by atoms with Crippen molar-refractivity contribution >= 4 is 5.97 Å². The Morgan fingerprint density at radius 1 is 1.08 bits per heavy atom. The van der Waals surface area contributed by atoms with E-state index in [1.54, 1.807) is 0 Å². The van der Waals surface area contributed by atoms with Gasteiger partial charge in [-0.05, 0) is 38.0 Å². The van der Waals surface area contributed by atoms with E-state index in [0.29, 0.717) is 11.8 Å². The quantitative estimate of drug-likeness (QED) is 0.531. The van der Waals surface area contributed by atoms with Crippen molar-refractivity contribution in [3.8, 4) is 0 Å². The molecule has 1 saturated carbocycles. The van der Waals surface area contributed by atoms with Gasteiger partial charge >= 0.3 is 5.97 Å². The van der Waals surface area contributed by atoms with E-state index >= 15 is 0 Å². The van der Waals surface area contributed by atoms with Gasteiger partial charge in [-0.25, -0.2) is 15.1 Å². The predicted molar refractivity (Wildman–Crippen MR) is 79.9 cm³/mol. The molecular formula is C17H25NO6. The number of carbonyl (C=O) groups is 1. The molecule has 6 fully saturated rings. The lowest BCUT2D eigenvalue weighted by molar-refractivity contribution is -0.585. The molecule has 0 amide bonds. The van der Waals surface area contributed by atoms with Gasteiger partial charge in [0.1, 0.15) is 0 Å². The molecule has 7 heteroatoms. The summed E-state index contributed by atoms with van der Waals surface area (Å²) in [6.45, 7) is 6.39. The van der Waals surface area contributed by atoms with Gasteiger partial charge in [-0.2, -0.15) is 0 Å². The van der Waals surface area contributed by atoms with Crippen LogP contribution < -0.4 is 5.32 Å². The smallest absolute Gasteiger partial charge is 0.323 e. The molecule has 2 bridgehead atoms. The monoisotopic (exact) mass is 339 g/mol. The van der Waals surface area contributed by atoms with E-state index in [4.69, 9.17) is 24.0 Å². The van der Waals surface area contributed by atoms with E-state index in [1.165, 1.54) is 0 Å². The molecule has 8 atom stereocenters. The normalized spacial score (nSPS) is 59.1. The summed E-state index contributed by atoms with van der Waals surface area (Å²) in [5.74, 6) is -1.32. The van der Waals surface area contributed by atoms with Crippen molar-refractivity contribution < 1.29 is 28.8 Å². The van der Waals surface area contributed by atoms with Gasteiger partial charge in [0.2, 0.25) is 5.79 Å². The van der Waals surface area contributed by atoms with E-state index in [2.05, 4.69) is 19.2 Å². The predicted octanol–water partition coefficient (Wildman–Crippen LogP) is 1.67. The molecule has 6 rings (SSSR count). The molecule has 5 heterocycles. The van der Waals surface area contributed by atoms with E-state index in [-0.39, 0.29) is 24.3 Å². The highest BCUT2D eigenvalue weighted by molar-refractivity contribution is 5.74. The van der Waals surface area contributed by atoms with Gasteiger partial charge in [0.05, 0.1) is 6.54 Å². The maximum absolute atomic E-state index is 11.8. The van der Waals surface area contributed by atoms with Gasteiger partial charge in [0.25, 0.3) is 5.91 Å². The average molecular weight is 339 g/mol. The maximum Gasteiger partial charge on any atom is 0.323 e. The zero-order valence-corrected chi connectivity index (χ0v) is 14.4. The summed E-state index contributed by atoms with van der Waals surface area (Å²) < 4.78 is 18.1. The minimum absolute atomic E-state index is 0.0511. The van der Waals surface area contributed by atoms with Gasteiger partial charge in [-0.1, -0.05) is 13.8 Å². The highest BCUT2D eigenvalue weighted by Crippen LogP contribution is 2.62. The van der Waals surface area contributed by atoms with Crippen LogP contribution in [0.25, 0.3) is 0 Å². The zero-order chi connectivity index (χ0) is 16.7. The second-order valence-corrected chi connectivity index (χ2v) is 8.31. The lowest BCUT2D eigenvalue weighted by Gasteiger charge is -2.61. The Bertz CT molecular complexity index is 585. The number of carbonyl (C=O) groups excluding carboxylic acids is 1. The first-order valence-electron chi connectivity index (χ1n) is 9.08. The fourth-order valence-electron chi connectivity index (χ4n) is 5.67. The van der Waals surface area contributed by atoms with Crippen molar-refractivity contribution in [3.05, 3.63) is 0 Å². The van der Waals surface area contributed by atoms with Crippen LogP contribution in [-0.2, 0) is 28.8 Å². The van der Waals surface area contributed by atoms with Crippen LogP contribution in [0.4, 0.5) is 0 Å². The van der Waals surface area contributed by atoms with Gasteiger partial charge in [0, 0.05) is 18.3 Å². The average Bonchev–Trinajstić information content (AvgIpc) is 2.76. The van der Waals surface area contributed by atoms with Gasteiger partial charge in [-0.15, -0.1) is 0 Å². The molecule has 134 valence electrons. The number of fused-ring (bicyclic) bond motifs is 2. The molecule has 24 heavy (non-hydrogen) atoms. The number of hydrogen-bond donors (Lipinski definition) is 1. The Morgan fingerprint density at radius 2 is 1.92 bits per heavy atom. The van der Waals surface area contributed by atoms with Gasteiger partial charge < -0.3 is 9.47 Å². The third kappa shape index (κ3) is 1.77. The summed E-state index contributed by atoms with van der Waals surface area (Å²) in [7, 11) is 0. The summed E-state index contributed by atoms with van der Waals surface area (Å²) in [6.07, 6.45) is 3.25. The molecule has 0 aromatic carbocycles. The van der Waals surface area contributed by atoms with Crippen molar-refractivity contribution in [2.45, 2.75) is 70.0 Å². The fourth-order valence-corrected chi connectivity index (χ4v) is 5.67. The third-order valence-corrected chi connectivity index (χ3v) is 7.01. The molecule has 0 aromatic heterocycles. The topological polar surface area (TPSA) is 75.2 Å². The van der Waals surface area contributed by atoms with Crippen molar-refractivity contribution in [3.63, 3.8) is 0 Å². The number of ether oxygens (including phenoxy) is 3. The molecule has 5 saturated heterocycles. The van der Waals surface area contributed by atoms with E-state index in [1.807, 2.05) is 6.92 Å². The molecule has 7 nitrogen and oxygen atoms in total. The van der Waals surface area contributed by atoms with Crippen LogP contribution in [0, 0.1) is 23.7 Å². The fraction of sp³-hybridized carbons (Fsp3) is 0.941. The second-order valence-electron chi connectivity index (χ2n) is 8.31. The summed E-state index contributed by atoms with van der Waals surface area (Å²) in [5.41, 5.74) is -0.630. The summed E-state index contributed by atoms with van der Waals surface area (Å²) in [6, 6.07) is 0. The highest BCUT2D eigenvalue weighted by Gasteiger charge is 2.73. The third-order valence-electron chi connectivity index (χ3n) is 7.01. The molecular weight excluding hydrogens is 314 g/mol. The molecule has 5 aliphatic heterocycles. The lowest BCUT2D eigenvalue weighted by Crippen LogP contribution is -2.75. The van der Waals surface area contributed by atoms with Crippen molar-refractivity contribution in [2.24, 2.45) is 23.7 Å². The van der Waals surface area contributed by atoms with E-state index in [0.717, 1.165) is 25.7 Å². The number of nitrogens with one attached hydrogen (secondary N) is 1. The second kappa shape index (κ2) is 4.71. The van der Waals surface area contributed by atoms with Crippen LogP contribution in [0.1, 0.15) is 46.5 Å². The Morgan fingerprint density at radius 3 is 2.67 bits per heavy atom. The van der Waals surface area contributed by atoms with Crippen molar-refractivity contribution in [1.29, 1.82) is 0 Å². The van der Waals surface area contributed by atoms with Crippen molar-refractivity contribution in [2.75, 3.05) is 6.54 Å². The van der Waals surface area contributed by atoms with Crippen molar-refractivity contribution in [1.82, 2.24) is 5.32 Å². The number of esters is 1. The molecule has 1 aliphatic carbocycles. The number of hydrogen-bond acceptors (Lipinski definition) is 7.